The van der Waals surface area contributed by atoms with Crippen LogP contribution < -0.4 is 10.1 Å². The first kappa shape index (κ1) is 19.1. The van der Waals surface area contributed by atoms with Crippen molar-refractivity contribution in [1.82, 2.24) is 4.98 Å². The fourth-order valence-electron chi connectivity index (χ4n) is 2.48. The number of carbonyl (C=O) groups excluding carboxylic acids is 1. The van der Waals surface area contributed by atoms with Gasteiger partial charge in [-0.15, -0.1) is 0 Å². The summed E-state index contributed by atoms with van der Waals surface area (Å²) in [5.41, 5.74) is 3.58. The van der Waals surface area contributed by atoms with Crippen LogP contribution in [0.5, 0.6) is 5.75 Å². The zero-order chi connectivity index (χ0) is 19.6. The molecular weight excluding hydrogens is 354 g/mol. The predicted octanol–water partition coefficient (Wildman–Crippen LogP) is 4.17. The maximum atomic E-state index is 11.1. The van der Waals surface area contributed by atoms with E-state index in [0.29, 0.717) is 13.2 Å². The number of pyridine rings is 1. The van der Waals surface area contributed by atoms with Crippen LogP contribution in [0.3, 0.4) is 0 Å². The van der Waals surface area contributed by atoms with Gasteiger partial charge in [0.15, 0.2) is 0 Å². The summed E-state index contributed by atoms with van der Waals surface area (Å²) in [7, 11) is 0. The van der Waals surface area contributed by atoms with Crippen LogP contribution in [0.2, 0.25) is 0 Å². The molecule has 0 aliphatic carbocycles. The molecule has 142 valence electrons. The average Bonchev–Trinajstić information content (AvgIpc) is 2.71. The van der Waals surface area contributed by atoms with Crippen LogP contribution in [-0.2, 0) is 22.8 Å². The summed E-state index contributed by atoms with van der Waals surface area (Å²) in [6.45, 7) is 2.26. The van der Waals surface area contributed by atoms with Gasteiger partial charge in [0.05, 0.1) is 6.21 Å². The molecule has 28 heavy (non-hydrogen) atoms. The Bertz CT molecular complexity index is 943. The summed E-state index contributed by atoms with van der Waals surface area (Å²) in [6.07, 6.45) is 5.12. The minimum Gasteiger partial charge on any atom is -0.489 e. The van der Waals surface area contributed by atoms with Crippen LogP contribution in [0, 0.1) is 0 Å². The summed E-state index contributed by atoms with van der Waals surface area (Å²) < 4.78 is 5.79. The van der Waals surface area contributed by atoms with Crippen molar-refractivity contribution < 1.29 is 14.4 Å². The number of nitrogens with one attached hydrogen (secondary N) is 1. The third-order valence-electron chi connectivity index (χ3n) is 3.77. The molecule has 0 unspecified atom stereocenters. The van der Waals surface area contributed by atoms with Crippen LogP contribution in [-0.4, -0.2) is 17.1 Å². The molecule has 2 aromatic carbocycles. The zero-order valence-corrected chi connectivity index (χ0v) is 15.5. The number of carbonyl (C=O) groups is 1. The molecule has 0 bridgehead atoms. The molecule has 0 saturated carbocycles. The minimum absolute atomic E-state index is 0.109. The molecule has 6 nitrogen and oxygen atoms in total. The SMILES string of the molecule is CC(=O)Nc1cccc(CO/N=C/c2cccc(OCc3ccncc3)c2)c1. The fourth-order valence-corrected chi connectivity index (χ4v) is 2.48. The number of hydrogen-bond acceptors (Lipinski definition) is 5. The summed E-state index contributed by atoms with van der Waals surface area (Å²) in [6, 6.07) is 18.9. The standard InChI is InChI=1S/C22H21N3O3/c1-17(26)25-21-6-2-5-20(12-21)16-28-24-14-19-4-3-7-22(13-19)27-15-18-8-10-23-11-9-18/h2-14H,15-16H2,1H3,(H,25,26)/b24-14+. The average molecular weight is 375 g/mol. The van der Waals surface area contributed by atoms with Gasteiger partial charge >= 0.3 is 0 Å². The molecule has 0 atom stereocenters. The molecule has 0 aliphatic rings. The number of nitrogens with zero attached hydrogens (tertiary/aromatic N) is 2. The summed E-state index contributed by atoms with van der Waals surface area (Å²) in [5, 5.41) is 6.75. The molecule has 0 fully saturated rings. The molecule has 1 amide bonds. The van der Waals surface area contributed by atoms with Crippen molar-refractivity contribution in [3.8, 4) is 5.75 Å². The van der Waals surface area contributed by atoms with Gasteiger partial charge in [-0.25, -0.2) is 0 Å². The van der Waals surface area contributed by atoms with Crippen molar-refractivity contribution in [2.24, 2.45) is 5.16 Å². The number of oxime groups is 1. The van der Waals surface area contributed by atoms with Gasteiger partial charge in [-0.05, 0) is 53.1 Å². The van der Waals surface area contributed by atoms with Gasteiger partial charge in [-0.1, -0.05) is 29.4 Å². The Morgan fingerprint density at radius 3 is 2.68 bits per heavy atom. The van der Waals surface area contributed by atoms with E-state index < -0.39 is 0 Å². The van der Waals surface area contributed by atoms with Crippen molar-refractivity contribution >= 4 is 17.8 Å². The van der Waals surface area contributed by atoms with Gasteiger partial charge in [0.1, 0.15) is 19.0 Å². The molecule has 3 rings (SSSR count). The van der Waals surface area contributed by atoms with E-state index in [1.165, 1.54) is 6.92 Å². The topological polar surface area (TPSA) is 72.8 Å². The molecule has 1 N–H and O–H groups in total. The highest BCUT2D eigenvalue weighted by Gasteiger charge is 1.99. The Labute approximate surface area is 163 Å². The summed E-state index contributed by atoms with van der Waals surface area (Å²) >= 11 is 0. The first-order valence-electron chi connectivity index (χ1n) is 8.83. The lowest BCUT2D eigenvalue weighted by Crippen LogP contribution is -2.05. The highest BCUT2D eigenvalue weighted by molar-refractivity contribution is 5.88. The van der Waals surface area contributed by atoms with Crippen molar-refractivity contribution in [1.29, 1.82) is 0 Å². The first-order chi connectivity index (χ1) is 13.7. The first-order valence-corrected chi connectivity index (χ1v) is 8.83. The fraction of sp³-hybridized carbons (Fsp3) is 0.136. The number of benzene rings is 2. The van der Waals surface area contributed by atoms with E-state index in [9.17, 15) is 4.79 Å². The third kappa shape index (κ3) is 6.25. The van der Waals surface area contributed by atoms with Gasteiger partial charge < -0.3 is 14.9 Å². The van der Waals surface area contributed by atoms with Crippen molar-refractivity contribution in [3.63, 3.8) is 0 Å². The maximum Gasteiger partial charge on any atom is 0.221 e. The molecule has 0 spiro atoms. The molecule has 1 aromatic heterocycles. The van der Waals surface area contributed by atoms with E-state index in [2.05, 4.69) is 15.5 Å². The van der Waals surface area contributed by atoms with Gasteiger partial charge in [0, 0.05) is 25.0 Å². The Kier molecular flexibility index (Phi) is 6.73. The molecule has 0 saturated heterocycles. The summed E-state index contributed by atoms with van der Waals surface area (Å²) in [5.74, 6) is 0.644. The van der Waals surface area contributed by atoms with E-state index in [1.807, 2.05) is 60.7 Å². The molecule has 6 heteroatoms. The van der Waals surface area contributed by atoms with Gasteiger partial charge in [-0.3, -0.25) is 9.78 Å². The molecule has 0 radical (unpaired) electrons. The van der Waals surface area contributed by atoms with Gasteiger partial charge in [0.2, 0.25) is 5.91 Å². The van der Waals surface area contributed by atoms with E-state index in [-0.39, 0.29) is 5.91 Å². The minimum atomic E-state index is -0.109. The Morgan fingerprint density at radius 2 is 1.86 bits per heavy atom. The largest absolute Gasteiger partial charge is 0.489 e. The zero-order valence-electron chi connectivity index (χ0n) is 15.5. The normalized spacial score (nSPS) is 10.6. The second kappa shape index (κ2) is 9.87. The number of hydrogen-bond donors (Lipinski definition) is 1. The number of ether oxygens (including phenoxy) is 1. The summed E-state index contributed by atoms with van der Waals surface area (Å²) in [4.78, 5) is 20.5. The quantitative estimate of drug-likeness (QED) is 0.474. The maximum absolute atomic E-state index is 11.1. The molecule has 0 aliphatic heterocycles. The Balaban J connectivity index is 1.51. The van der Waals surface area contributed by atoms with Crippen LogP contribution >= 0.6 is 0 Å². The number of rotatable bonds is 8. The van der Waals surface area contributed by atoms with Gasteiger partial charge in [-0.2, -0.15) is 0 Å². The van der Waals surface area contributed by atoms with Gasteiger partial charge in [0.25, 0.3) is 0 Å². The van der Waals surface area contributed by atoms with E-state index >= 15 is 0 Å². The number of anilines is 1. The third-order valence-corrected chi connectivity index (χ3v) is 3.77. The smallest absolute Gasteiger partial charge is 0.221 e. The highest BCUT2D eigenvalue weighted by atomic mass is 16.6. The van der Waals surface area contributed by atoms with Crippen molar-refractivity contribution in [2.75, 3.05) is 5.32 Å². The van der Waals surface area contributed by atoms with Crippen molar-refractivity contribution in [2.45, 2.75) is 20.1 Å². The van der Waals surface area contributed by atoms with Crippen LogP contribution in [0.1, 0.15) is 23.6 Å². The highest BCUT2D eigenvalue weighted by Crippen LogP contribution is 2.15. The van der Waals surface area contributed by atoms with Crippen LogP contribution in [0.4, 0.5) is 5.69 Å². The monoisotopic (exact) mass is 375 g/mol. The van der Waals surface area contributed by atoms with E-state index in [1.54, 1.807) is 18.6 Å². The Hall–Kier alpha value is -3.67. The second-order valence-corrected chi connectivity index (χ2v) is 6.11. The van der Waals surface area contributed by atoms with E-state index in [0.717, 1.165) is 28.1 Å². The Morgan fingerprint density at radius 1 is 1.04 bits per heavy atom. The lowest BCUT2D eigenvalue weighted by Gasteiger charge is -2.07. The predicted molar refractivity (Wildman–Crippen MR) is 108 cm³/mol. The number of amides is 1. The second-order valence-electron chi connectivity index (χ2n) is 6.11. The molecule has 3 aromatic rings. The van der Waals surface area contributed by atoms with Crippen LogP contribution in [0.25, 0.3) is 0 Å². The molecule has 1 heterocycles. The molecular formula is C22H21N3O3. The van der Waals surface area contributed by atoms with E-state index in [4.69, 9.17) is 9.57 Å². The number of aromatic nitrogens is 1. The lowest BCUT2D eigenvalue weighted by atomic mass is 10.2. The van der Waals surface area contributed by atoms with Crippen LogP contribution in [0.15, 0.2) is 78.2 Å². The lowest BCUT2D eigenvalue weighted by molar-refractivity contribution is -0.114. The van der Waals surface area contributed by atoms with Crippen molar-refractivity contribution in [3.05, 3.63) is 89.7 Å².